The third kappa shape index (κ3) is 4.44. The maximum atomic E-state index is 13.2. The zero-order chi connectivity index (χ0) is 22.0. The molecule has 4 rings (SSSR count). The Morgan fingerprint density at radius 1 is 1.10 bits per heavy atom. The van der Waals surface area contributed by atoms with Crippen molar-refractivity contribution in [3.63, 3.8) is 0 Å². The van der Waals surface area contributed by atoms with Gasteiger partial charge in [0.15, 0.2) is 11.5 Å². The number of fused-ring (bicyclic) bond motifs is 1. The van der Waals surface area contributed by atoms with Crippen molar-refractivity contribution in [2.75, 3.05) is 13.1 Å². The highest BCUT2D eigenvalue weighted by atomic mass is 35.5. The van der Waals surface area contributed by atoms with E-state index in [1.807, 2.05) is 24.4 Å². The van der Waals surface area contributed by atoms with Gasteiger partial charge in [-0.3, -0.25) is 9.20 Å². The summed E-state index contributed by atoms with van der Waals surface area (Å²) in [6.45, 7) is 2.73. The van der Waals surface area contributed by atoms with Crippen LogP contribution >= 0.6 is 11.6 Å². The first-order chi connectivity index (χ1) is 14.9. The summed E-state index contributed by atoms with van der Waals surface area (Å²) in [5.41, 5.74) is 0.898. The highest BCUT2D eigenvalue weighted by Crippen LogP contribution is 2.28. The van der Waals surface area contributed by atoms with Crippen molar-refractivity contribution in [2.24, 2.45) is 0 Å². The van der Waals surface area contributed by atoms with E-state index in [0.29, 0.717) is 24.6 Å². The van der Waals surface area contributed by atoms with Crippen molar-refractivity contribution < 1.29 is 13.2 Å². The highest BCUT2D eigenvalue weighted by molar-refractivity contribution is 7.89. The molecular formula is C21H24ClN5O3S. The predicted octanol–water partition coefficient (Wildman–Crippen LogP) is 3.44. The summed E-state index contributed by atoms with van der Waals surface area (Å²) in [7, 11) is -3.78. The second-order valence-electron chi connectivity index (χ2n) is 7.65. The molecule has 1 aliphatic heterocycles. The smallest absolute Gasteiger partial charge is 0.251 e. The normalized spacial score (nSPS) is 16.7. The highest BCUT2D eigenvalue weighted by Gasteiger charge is 2.28. The Morgan fingerprint density at radius 3 is 2.58 bits per heavy atom. The molecule has 8 nitrogen and oxygen atoms in total. The molecule has 0 saturated carbocycles. The maximum absolute atomic E-state index is 13.2. The van der Waals surface area contributed by atoms with Crippen LogP contribution in [-0.4, -0.2) is 46.3 Å². The van der Waals surface area contributed by atoms with Crippen molar-refractivity contribution in [3.05, 3.63) is 59.0 Å². The first kappa shape index (κ1) is 21.7. The molecule has 0 radical (unpaired) electrons. The van der Waals surface area contributed by atoms with Crippen molar-refractivity contribution in [1.82, 2.24) is 24.2 Å². The number of nitrogens with zero attached hydrogens (tertiary/aromatic N) is 4. The lowest BCUT2D eigenvalue weighted by molar-refractivity contribution is 0.0938. The first-order valence-electron chi connectivity index (χ1n) is 10.3. The molecule has 0 bridgehead atoms. The van der Waals surface area contributed by atoms with Crippen molar-refractivity contribution >= 4 is 33.2 Å². The number of carbonyl (C=O) groups excluding carboxylic acids is 1. The quantitative estimate of drug-likeness (QED) is 0.627. The summed E-state index contributed by atoms with van der Waals surface area (Å²) in [6, 6.07) is 9.43. The van der Waals surface area contributed by atoms with Crippen LogP contribution < -0.4 is 5.32 Å². The molecule has 1 fully saturated rings. The third-order valence-electron chi connectivity index (χ3n) is 5.45. The lowest BCUT2D eigenvalue weighted by Crippen LogP contribution is -2.32. The summed E-state index contributed by atoms with van der Waals surface area (Å²) in [5, 5.41) is 11.2. The van der Waals surface area contributed by atoms with Crippen molar-refractivity contribution in [1.29, 1.82) is 0 Å². The number of carbonyl (C=O) groups is 1. The van der Waals surface area contributed by atoms with Gasteiger partial charge in [0, 0.05) is 24.8 Å². The van der Waals surface area contributed by atoms with Gasteiger partial charge in [-0.05, 0) is 50.1 Å². The van der Waals surface area contributed by atoms with E-state index in [-0.39, 0.29) is 15.5 Å². The molecule has 3 heterocycles. The fraction of sp³-hybridized carbons (Fsp3) is 0.381. The Balaban J connectivity index is 1.58. The number of benzene rings is 1. The summed E-state index contributed by atoms with van der Waals surface area (Å²) >= 11 is 6.24. The van der Waals surface area contributed by atoms with Crippen LogP contribution in [0.4, 0.5) is 0 Å². The van der Waals surface area contributed by atoms with Gasteiger partial charge in [0.05, 0.1) is 11.1 Å². The van der Waals surface area contributed by atoms with Gasteiger partial charge >= 0.3 is 0 Å². The van der Waals surface area contributed by atoms with Crippen LogP contribution in [0.25, 0.3) is 5.65 Å². The SMILES string of the molecule is CC(NC(=O)c1ccc(Cl)c(S(=O)(=O)N2CCCCCC2)c1)c1nnc2ccccn12. The van der Waals surface area contributed by atoms with Crippen LogP contribution in [-0.2, 0) is 10.0 Å². The van der Waals surface area contributed by atoms with Crippen LogP contribution in [0.2, 0.25) is 5.02 Å². The predicted molar refractivity (Wildman–Crippen MR) is 118 cm³/mol. The van der Waals surface area contributed by atoms with Gasteiger partial charge in [0.2, 0.25) is 10.0 Å². The molecule has 1 aromatic carbocycles. The second-order valence-corrected chi connectivity index (χ2v) is 9.96. The summed E-state index contributed by atoms with van der Waals surface area (Å²) in [4.78, 5) is 12.9. The van der Waals surface area contributed by atoms with E-state index in [2.05, 4.69) is 15.5 Å². The van der Waals surface area contributed by atoms with Crippen LogP contribution in [0.5, 0.6) is 0 Å². The van der Waals surface area contributed by atoms with E-state index in [4.69, 9.17) is 11.6 Å². The van der Waals surface area contributed by atoms with Crippen LogP contribution in [0.15, 0.2) is 47.5 Å². The number of rotatable bonds is 5. The number of nitrogens with one attached hydrogen (secondary N) is 1. The fourth-order valence-corrected chi connectivity index (χ4v) is 5.78. The van der Waals surface area contributed by atoms with E-state index in [1.54, 1.807) is 11.3 Å². The summed E-state index contributed by atoms with van der Waals surface area (Å²) in [5.74, 6) is 0.166. The minimum absolute atomic E-state index is 0.0377. The number of sulfonamides is 1. The molecule has 164 valence electrons. The molecule has 1 saturated heterocycles. The summed E-state index contributed by atoms with van der Waals surface area (Å²) < 4.78 is 29.6. The number of aromatic nitrogens is 3. The van der Waals surface area contributed by atoms with Crippen molar-refractivity contribution in [2.45, 2.75) is 43.5 Å². The molecule has 1 unspecified atom stereocenters. The zero-order valence-corrected chi connectivity index (χ0v) is 18.7. The molecule has 2 aromatic heterocycles. The minimum Gasteiger partial charge on any atom is -0.342 e. The van der Waals surface area contributed by atoms with Crippen LogP contribution in [0.3, 0.4) is 0 Å². The van der Waals surface area contributed by atoms with Gasteiger partial charge in [0.1, 0.15) is 4.90 Å². The van der Waals surface area contributed by atoms with Crippen molar-refractivity contribution in [3.8, 4) is 0 Å². The molecule has 1 atom stereocenters. The van der Waals surface area contributed by atoms with Gasteiger partial charge in [-0.15, -0.1) is 10.2 Å². The molecular weight excluding hydrogens is 438 g/mol. The average molecular weight is 462 g/mol. The molecule has 1 amide bonds. The number of amides is 1. The second kappa shape index (κ2) is 8.94. The van der Waals surface area contributed by atoms with Gasteiger partial charge in [-0.1, -0.05) is 30.5 Å². The summed E-state index contributed by atoms with van der Waals surface area (Å²) in [6.07, 6.45) is 5.48. The van der Waals surface area contributed by atoms with Gasteiger partial charge in [-0.25, -0.2) is 8.42 Å². The van der Waals surface area contributed by atoms with Gasteiger partial charge in [0.25, 0.3) is 5.91 Å². The molecule has 31 heavy (non-hydrogen) atoms. The maximum Gasteiger partial charge on any atom is 0.251 e. The Hall–Kier alpha value is -2.49. The molecule has 10 heteroatoms. The van der Waals surface area contributed by atoms with Crippen LogP contribution in [0, 0.1) is 0 Å². The number of hydrogen-bond acceptors (Lipinski definition) is 5. The molecule has 1 aliphatic rings. The monoisotopic (exact) mass is 461 g/mol. The minimum atomic E-state index is -3.78. The fourth-order valence-electron chi connectivity index (χ4n) is 3.76. The Morgan fingerprint density at radius 2 is 1.84 bits per heavy atom. The van der Waals surface area contributed by atoms with Gasteiger partial charge < -0.3 is 5.32 Å². The van der Waals surface area contributed by atoms with Gasteiger partial charge in [-0.2, -0.15) is 4.31 Å². The standard InChI is InChI=1S/C21H24ClN5O3S/c1-15(20-25-24-19-8-4-7-13-27(19)20)23-21(28)16-9-10-17(22)18(14-16)31(29,30)26-11-5-2-3-6-12-26/h4,7-10,13-15H,2-3,5-6,11-12H2,1H3,(H,23,28). The zero-order valence-electron chi connectivity index (χ0n) is 17.2. The molecule has 0 aliphatic carbocycles. The average Bonchev–Trinajstić information content (AvgIpc) is 2.98. The van der Waals surface area contributed by atoms with E-state index < -0.39 is 22.0 Å². The Bertz CT molecular complexity index is 1200. The lowest BCUT2D eigenvalue weighted by atomic mass is 10.2. The Labute approximate surface area is 186 Å². The van der Waals surface area contributed by atoms with E-state index in [1.165, 1.54) is 22.5 Å². The molecule has 3 aromatic rings. The first-order valence-corrected chi connectivity index (χ1v) is 12.1. The van der Waals surface area contributed by atoms with E-state index >= 15 is 0 Å². The lowest BCUT2D eigenvalue weighted by Gasteiger charge is -2.21. The van der Waals surface area contributed by atoms with Crippen LogP contribution in [0.1, 0.15) is 54.8 Å². The molecule has 0 spiro atoms. The topological polar surface area (TPSA) is 96.7 Å². The third-order valence-corrected chi connectivity index (χ3v) is 7.83. The number of hydrogen-bond donors (Lipinski definition) is 1. The van der Waals surface area contributed by atoms with E-state index in [0.717, 1.165) is 25.7 Å². The number of pyridine rings is 1. The Kier molecular flexibility index (Phi) is 6.27. The number of halogens is 1. The van der Waals surface area contributed by atoms with E-state index in [9.17, 15) is 13.2 Å². The largest absolute Gasteiger partial charge is 0.342 e. The molecule has 1 N–H and O–H groups in total.